The molecule has 0 aliphatic heterocycles. The molecular formula is C15H9F6NOS. The first kappa shape index (κ1) is 18.2. The Morgan fingerprint density at radius 2 is 1.75 bits per heavy atom. The van der Waals surface area contributed by atoms with Crippen molar-refractivity contribution in [1.82, 2.24) is 0 Å². The van der Waals surface area contributed by atoms with E-state index in [9.17, 15) is 31.1 Å². The number of nitrogens with one attached hydrogen (secondary N) is 1. The predicted octanol–water partition coefficient (Wildman–Crippen LogP) is 5.41. The Balaban J connectivity index is 2.28. The molecule has 0 aliphatic carbocycles. The SMILES string of the molecule is O=C(Nc1ccccc1SC(F)F)c1ccc(F)c(C(F)(F)F)c1. The lowest BCUT2D eigenvalue weighted by Gasteiger charge is -2.12. The molecule has 9 heteroatoms. The molecule has 2 rings (SSSR count). The van der Waals surface area contributed by atoms with Gasteiger partial charge in [-0.25, -0.2) is 4.39 Å². The molecule has 2 aromatic carbocycles. The monoisotopic (exact) mass is 365 g/mol. The average molecular weight is 365 g/mol. The summed E-state index contributed by atoms with van der Waals surface area (Å²) < 4.78 is 76.2. The molecule has 1 N–H and O–H groups in total. The average Bonchev–Trinajstić information content (AvgIpc) is 2.48. The van der Waals surface area contributed by atoms with Crippen molar-refractivity contribution in [2.75, 3.05) is 5.32 Å². The lowest BCUT2D eigenvalue weighted by molar-refractivity contribution is -0.140. The summed E-state index contributed by atoms with van der Waals surface area (Å²) in [6.45, 7) is 0. The molecule has 24 heavy (non-hydrogen) atoms. The Labute approximate surface area is 136 Å². The van der Waals surface area contributed by atoms with Crippen LogP contribution in [0.4, 0.5) is 32.0 Å². The van der Waals surface area contributed by atoms with Gasteiger partial charge in [-0.2, -0.15) is 22.0 Å². The molecule has 0 fully saturated rings. The molecule has 128 valence electrons. The molecule has 1 amide bonds. The smallest absolute Gasteiger partial charge is 0.321 e. The van der Waals surface area contributed by atoms with Crippen molar-refractivity contribution >= 4 is 23.4 Å². The van der Waals surface area contributed by atoms with Crippen molar-refractivity contribution in [3.05, 3.63) is 59.4 Å². The second-order valence-corrected chi connectivity index (χ2v) is 5.55. The highest BCUT2D eigenvalue weighted by atomic mass is 32.2. The van der Waals surface area contributed by atoms with Crippen LogP contribution in [0.1, 0.15) is 15.9 Å². The quantitative estimate of drug-likeness (QED) is 0.580. The molecule has 2 aromatic rings. The number of thioether (sulfide) groups is 1. The van der Waals surface area contributed by atoms with Crippen LogP contribution < -0.4 is 5.32 Å². The summed E-state index contributed by atoms with van der Waals surface area (Å²) in [5, 5.41) is 2.25. The number of amides is 1. The highest BCUT2D eigenvalue weighted by Gasteiger charge is 2.34. The van der Waals surface area contributed by atoms with Crippen LogP contribution in [0.5, 0.6) is 0 Å². The van der Waals surface area contributed by atoms with E-state index in [0.29, 0.717) is 12.1 Å². The number of alkyl halides is 5. The number of carbonyl (C=O) groups excluding carboxylic acids is 1. The number of anilines is 1. The summed E-state index contributed by atoms with van der Waals surface area (Å²) >= 11 is 0.184. The van der Waals surface area contributed by atoms with E-state index in [1.807, 2.05) is 0 Å². The van der Waals surface area contributed by atoms with Gasteiger partial charge in [0.1, 0.15) is 5.82 Å². The van der Waals surface area contributed by atoms with Gasteiger partial charge in [0.15, 0.2) is 0 Å². The van der Waals surface area contributed by atoms with E-state index in [2.05, 4.69) is 5.32 Å². The zero-order chi connectivity index (χ0) is 17.9. The number of carbonyl (C=O) groups is 1. The van der Waals surface area contributed by atoms with Gasteiger partial charge in [-0.3, -0.25) is 4.79 Å². The van der Waals surface area contributed by atoms with Crippen LogP contribution in [-0.4, -0.2) is 11.7 Å². The van der Waals surface area contributed by atoms with Gasteiger partial charge in [0.25, 0.3) is 11.7 Å². The second kappa shape index (κ2) is 7.16. The van der Waals surface area contributed by atoms with Crippen LogP contribution in [0.2, 0.25) is 0 Å². The molecule has 0 unspecified atom stereocenters. The van der Waals surface area contributed by atoms with Crippen molar-refractivity contribution in [3.63, 3.8) is 0 Å². The van der Waals surface area contributed by atoms with Gasteiger partial charge in [0.2, 0.25) is 0 Å². The number of hydrogen-bond donors (Lipinski definition) is 1. The van der Waals surface area contributed by atoms with Crippen molar-refractivity contribution < 1.29 is 31.1 Å². The number of para-hydroxylation sites is 1. The Hall–Kier alpha value is -2.16. The summed E-state index contributed by atoms with van der Waals surface area (Å²) in [5.74, 6) is -5.21. The van der Waals surface area contributed by atoms with Gasteiger partial charge >= 0.3 is 6.18 Å². The summed E-state index contributed by atoms with van der Waals surface area (Å²) in [6, 6.07) is 7.37. The molecule has 2 nitrogen and oxygen atoms in total. The summed E-state index contributed by atoms with van der Waals surface area (Å²) in [6.07, 6.45) is -4.95. The molecule has 0 saturated carbocycles. The van der Waals surface area contributed by atoms with E-state index >= 15 is 0 Å². The van der Waals surface area contributed by atoms with Crippen LogP contribution in [0.3, 0.4) is 0 Å². The van der Waals surface area contributed by atoms with E-state index in [1.165, 1.54) is 24.3 Å². The fourth-order valence-corrected chi connectivity index (χ4v) is 2.44. The maximum absolute atomic E-state index is 13.2. The lowest BCUT2D eigenvalue weighted by atomic mass is 10.1. The molecule has 0 radical (unpaired) electrons. The van der Waals surface area contributed by atoms with Gasteiger partial charge < -0.3 is 5.32 Å². The number of benzene rings is 2. The van der Waals surface area contributed by atoms with Crippen LogP contribution in [0, 0.1) is 5.82 Å². The third kappa shape index (κ3) is 4.44. The van der Waals surface area contributed by atoms with E-state index in [0.717, 1.165) is 6.07 Å². The Bertz CT molecular complexity index is 747. The fraction of sp³-hybridized carbons (Fsp3) is 0.133. The van der Waals surface area contributed by atoms with Gasteiger partial charge in [-0.05, 0) is 30.3 Å². The molecule has 0 bridgehead atoms. The first-order valence-electron chi connectivity index (χ1n) is 6.40. The van der Waals surface area contributed by atoms with Gasteiger partial charge in [0, 0.05) is 10.5 Å². The maximum atomic E-state index is 13.2. The van der Waals surface area contributed by atoms with Crippen molar-refractivity contribution in [2.24, 2.45) is 0 Å². The first-order valence-corrected chi connectivity index (χ1v) is 7.28. The topological polar surface area (TPSA) is 29.1 Å². The molecule has 0 saturated heterocycles. The minimum absolute atomic E-state index is 0.0192. The molecule has 0 aliphatic rings. The summed E-state index contributed by atoms with van der Waals surface area (Å²) in [4.78, 5) is 12.1. The van der Waals surface area contributed by atoms with Crippen LogP contribution in [0.15, 0.2) is 47.4 Å². The predicted molar refractivity (Wildman–Crippen MR) is 77.7 cm³/mol. The minimum atomic E-state index is -4.95. The molecule has 0 heterocycles. The van der Waals surface area contributed by atoms with Crippen molar-refractivity contribution in [2.45, 2.75) is 16.8 Å². The molecule has 0 aromatic heterocycles. The number of rotatable bonds is 4. The Morgan fingerprint density at radius 3 is 2.38 bits per heavy atom. The molecule has 0 atom stereocenters. The second-order valence-electron chi connectivity index (χ2n) is 4.52. The third-order valence-corrected chi connectivity index (χ3v) is 3.67. The van der Waals surface area contributed by atoms with E-state index < -0.39 is 34.8 Å². The van der Waals surface area contributed by atoms with E-state index in [4.69, 9.17) is 0 Å². The summed E-state index contributed by atoms with van der Waals surface area (Å²) in [7, 11) is 0. The number of hydrogen-bond acceptors (Lipinski definition) is 2. The van der Waals surface area contributed by atoms with Crippen LogP contribution >= 0.6 is 11.8 Å². The Kier molecular flexibility index (Phi) is 5.43. The van der Waals surface area contributed by atoms with Crippen molar-refractivity contribution in [1.29, 1.82) is 0 Å². The largest absolute Gasteiger partial charge is 0.419 e. The highest BCUT2D eigenvalue weighted by molar-refractivity contribution is 7.99. The zero-order valence-corrected chi connectivity index (χ0v) is 12.5. The van der Waals surface area contributed by atoms with Gasteiger partial charge in [-0.1, -0.05) is 23.9 Å². The fourth-order valence-electron chi connectivity index (χ4n) is 1.85. The molecule has 0 spiro atoms. The zero-order valence-electron chi connectivity index (χ0n) is 11.7. The van der Waals surface area contributed by atoms with E-state index in [1.54, 1.807) is 0 Å². The van der Waals surface area contributed by atoms with Crippen molar-refractivity contribution in [3.8, 4) is 0 Å². The van der Waals surface area contributed by atoms with Gasteiger partial charge in [-0.15, -0.1) is 0 Å². The van der Waals surface area contributed by atoms with Crippen LogP contribution in [0.25, 0.3) is 0 Å². The minimum Gasteiger partial charge on any atom is -0.321 e. The van der Waals surface area contributed by atoms with E-state index in [-0.39, 0.29) is 22.3 Å². The first-order chi connectivity index (χ1) is 11.2. The highest BCUT2D eigenvalue weighted by Crippen LogP contribution is 2.33. The lowest BCUT2D eigenvalue weighted by Crippen LogP contribution is -2.15. The third-order valence-electron chi connectivity index (χ3n) is 2.89. The maximum Gasteiger partial charge on any atom is 0.419 e. The standard InChI is InChI=1S/C15H9F6NOS/c16-10-6-5-8(7-9(10)15(19,20)21)13(23)22-11-3-1-2-4-12(11)24-14(17)18/h1-7,14H,(H,22,23). The van der Waals surface area contributed by atoms with Crippen LogP contribution in [-0.2, 0) is 6.18 Å². The summed E-state index contributed by atoms with van der Waals surface area (Å²) in [5.41, 5.74) is -2.00. The number of halogens is 6. The molecular weight excluding hydrogens is 356 g/mol. The Morgan fingerprint density at radius 1 is 1.08 bits per heavy atom. The normalized spacial score (nSPS) is 11.6. The van der Waals surface area contributed by atoms with Gasteiger partial charge in [0.05, 0.1) is 11.3 Å².